The molecule has 0 saturated heterocycles. The molecule has 1 aromatic heterocycles. The number of nitrogens with one attached hydrogen (secondary N) is 4. The molecule has 0 saturated carbocycles. The fraction of sp³-hybridized carbons (Fsp3) is 0.294. The number of aryl methyl sites for hydroxylation is 1. The van der Waals surface area contributed by atoms with Crippen LogP contribution in [0, 0.1) is 13.8 Å². The molecule has 2 heterocycles. The zero-order chi connectivity index (χ0) is 33.9. The van der Waals surface area contributed by atoms with E-state index in [0.29, 0.717) is 24.6 Å². The van der Waals surface area contributed by atoms with Gasteiger partial charge in [0.25, 0.3) is 5.91 Å². The van der Waals surface area contributed by atoms with Gasteiger partial charge in [0.15, 0.2) is 5.75 Å². The second kappa shape index (κ2) is 13.5. The molecular formula is C34H41N7O5S. The Bertz CT molecular complexity index is 1910. The smallest absolute Gasteiger partial charge is 0.255 e. The van der Waals surface area contributed by atoms with Crippen LogP contribution in [0.15, 0.2) is 73.1 Å². The number of sulfonamides is 1. The number of hydrazine groups is 2. The van der Waals surface area contributed by atoms with Crippen molar-refractivity contribution in [3.63, 3.8) is 0 Å². The third-order valence-electron chi connectivity index (χ3n) is 7.72. The number of hydrogen-bond acceptors (Lipinski definition) is 9. The van der Waals surface area contributed by atoms with Crippen LogP contribution in [0.4, 0.5) is 17.1 Å². The number of ether oxygens (including phenoxy) is 2. The third-order valence-corrected chi connectivity index (χ3v) is 8.31. The molecule has 12 nitrogen and oxygen atoms in total. The lowest BCUT2D eigenvalue weighted by Gasteiger charge is -2.24. The maximum absolute atomic E-state index is 13.6. The second-order valence-electron chi connectivity index (χ2n) is 12.4. The first-order valence-corrected chi connectivity index (χ1v) is 16.9. The van der Waals surface area contributed by atoms with Crippen LogP contribution in [0.3, 0.4) is 0 Å². The molecular weight excluding hydrogens is 618 g/mol. The number of aromatic nitrogens is 2. The van der Waals surface area contributed by atoms with Crippen LogP contribution in [-0.4, -0.2) is 37.5 Å². The number of anilines is 3. The van der Waals surface area contributed by atoms with Gasteiger partial charge in [-0.2, -0.15) is 5.10 Å². The molecule has 4 N–H and O–H groups in total. The molecule has 1 amide bonds. The molecule has 0 atom stereocenters. The zero-order valence-electron chi connectivity index (χ0n) is 27.6. The van der Waals surface area contributed by atoms with Gasteiger partial charge in [0.05, 0.1) is 48.9 Å². The minimum atomic E-state index is -3.61. The highest BCUT2D eigenvalue weighted by atomic mass is 32.2. The summed E-state index contributed by atoms with van der Waals surface area (Å²) in [5.74, 6) is -0.173. The van der Waals surface area contributed by atoms with Crippen LogP contribution in [-0.2, 0) is 33.5 Å². The van der Waals surface area contributed by atoms with Crippen molar-refractivity contribution >= 4 is 38.7 Å². The quantitative estimate of drug-likeness (QED) is 0.166. The molecule has 0 spiro atoms. The molecule has 3 aromatic carbocycles. The summed E-state index contributed by atoms with van der Waals surface area (Å²) >= 11 is 0. The Morgan fingerprint density at radius 3 is 2.43 bits per heavy atom. The molecule has 1 aliphatic rings. The van der Waals surface area contributed by atoms with Crippen molar-refractivity contribution in [3.05, 3.63) is 107 Å². The minimum Gasteiger partial charge on any atom is -0.492 e. The van der Waals surface area contributed by atoms with Crippen LogP contribution in [0.5, 0.6) is 5.75 Å². The highest BCUT2D eigenvalue weighted by Crippen LogP contribution is 2.39. The van der Waals surface area contributed by atoms with Gasteiger partial charge < -0.3 is 20.2 Å². The van der Waals surface area contributed by atoms with Crippen molar-refractivity contribution in [2.45, 2.75) is 53.4 Å². The third kappa shape index (κ3) is 7.94. The lowest BCUT2D eigenvalue weighted by atomic mass is 9.86. The van der Waals surface area contributed by atoms with E-state index in [9.17, 15) is 13.2 Å². The summed E-state index contributed by atoms with van der Waals surface area (Å²) < 4.78 is 40.0. The number of benzene rings is 3. The summed E-state index contributed by atoms with van der Waals surface area (Å²) in [5.41, 5.74) is 13.3. The summed E-state index contributed by atoms with van der Waals surface area (Å²) in [7, 11) is -2.18. The molecule has 0 unspecified atom stereocenters. The minimum absolute atomic E-state index is 0.212. The maximum atomic E-state index is 13.6. The summed E-state index contributed by atoms with van der Waals surface area (Å²) in [6.45, 7) is 10.7. The molecule has 0 fully saturated rings. The van der Waals surface area contributed by atoms with Gasteiger partial charge in [-0.3, -0.25) is 14.5 Å². The van der Waals surface area contributed by atoms with Gasteiger partial charge in [-0.05, 0) is 60.2 Å². The summed E-state index contributed by atoms with van der Waals surface area (Å²) in [6.07, 6.45) is 4.76. The van der Waals surface area contributed by atoms with Crippen LogP contribution < -0.4 is 30.7 Å². The Hall–Kier alpha value is -4.85. The van der Waals surface area contributed by atoms with E-state index in [0.717, 1.165) is 45.6 Å². The molecule has 0 bridgehead atoms. The fourth-order valence-electron chi connectivity index (χ4n) is 5.10. The van der Waals surface area contributed by atoms with E-state index < -0.39 is 10.0 Å². The van der Waals surface area contributed by atoms with E-state index in [1.165, 1.54) is 7.11 Å². The predicted molar refractivity (Wildman–Crippen MR) is 184 cm³/mol. The Labute approximate surface area is 275 Å². The zero-order valence-corrected chi connectivity index (χ0v) is 28.5. The first kappa shape index (κ1) is 33.5. The predicted octanol–water partition coefficient (Wildman–Crippen LogP) is 5.43. The average molecular weight is 660 g/mol. The van der Waals surface area contributed by atoms with Crippen molar-refractivity contribution in [1.29, 1.82) is 0 Å². The number of rotatable bonds is 11. The van der Waals surface area contributed by atoms with Gasteiger partial charge in [0.2, 0.25) is 10.0 Å². The number of methoxy groups -OCH3 is 1. The monoisotopic (exact) mass is 659 g/mol. The van der Waals surface area contributed by atoms with Crippen molar-refractivity contribution in [2.24, 2.45) is 0 Å². The topological polar surface area (TPSA) is 139 Å². The van der Waals surface area contributed by atoms with Gasteiger partial charge in [-0.15, -0.1) is 5.53 Å². The van der Waals surface area contributed by atoms with Crippen molar-refractivity contribution in [3.8, 4) is 5.75 Å². The number of carbonyl (C=O) groups is 1. The Morgan fingerprint density at radius 1 is 1.02 bits per heavy atom. The van der Waals surface area contributed by atoms with E-state index in [4.69, 9.17) is 9.47 Å². The van der Waals surface area contributed by atoms with Gasteiger partial charge in [-0.1, -0.05) is 57.2 Å². The van der Waals surface area contributed by atoms with Crippen LogP contribution in [0.1, 0.15) is 59.1 Å². The van der Waals surface area contributed by atoms with Gasteiger partial charge in [0.1, 0.15) is 6.73 Å². The standard InChI is InChI=1S/C34H41N7O5S/c1-22-13-14-25(33(42)36-28-16-26(34(3,4)5)17-29(32(28)45-6)38-47(7,43)44)15-31(22)40-19-30(37-39-40)27-18-35-41(23(27)2)21-46-20-24-11-9-8-10-12-24/h8-19,37-39H,20-21H2,1-7H3,(H,36,42). The Balaban J connectivity index is 1.35. The van der Waals surface area contributed by atoms with E-state index in [1.807, 2.05) is 77.2 Å². The molecule has 5 rings (SSSR count). The average Bonchev–Trinajstić information content (AvgIpc) is 3.63. The molecule has 1 aliphatic heterocycles. The van der Waals surface area contributed by atoms with Crippen molar-refractivity contribution in [1.82, 2.24) is 20.7 Å². The largest absolute Gasteiger partial charge is 0.492 e. The maximum Gasteiger partial charge on any atom is 0.255 e. The highest BCUT2D eigenvalue weighted by molar-refractivity contribution is 7.92. The van der Waals surface area contributed by atoms with Gasteiger partial charge in [0, 0.05) is 23.0 Å². The lowest BCUT2D eigenvalue weighted by Crippen LogP contribution is -2.36. The normalized spacial score (nSPS) is 13.3. The number of hydrogen-bond donors (Lipinski definition) is 4. The fourth-order valence-corrected chi connectivity index (χ4v) is 5.65. The number of carbonyl (C=O) groups excluding carboxylic acids is 1. The van der Waals surface area contributed by atoms with E-state index >= 15 is 0 Å². The summed E-state index contributed by atoms with van der Waals surface area (Å²) in [5, 5.41) is 9.25. The number of nitrogens with zero attached hydrogens (tertiary/aromatic N) is 3. The summed E-state index contributed by atoms with van der Waals surface area (Å²) in [6, 6.07) is 18.9. The second-order valence-corrected chi connectivity index (χ2v) is 14.2. The van der Waals surface area contributed by atoms with Gasteiger partial charge >= 0.3 is 0 Å². The first-order chi connectivity index (χ1) is 22.2. The van der Waals surface area contributed by atoms with E-state index in [-0.39, 0.29) is 22.8 Å². The van der Waals surface area contributed by atoms with Gasteiger partial charge in [-0.25, -0.2) is 13.1 Å². The molecule has 248 valence electrons. The molecule has 0 radical (unpaired) electrons. The lowest BCUT2D eigenvalue weighted by molar-refractivity contribution is 0.0548. The molecule has 4 aromatic rings. The SMILES string of the molecule is COc1c(NC(=O)c2ccc(C)c(N3C=C(c4cnn(COCc5ccccc5)c4C)NN3)c2)cc(C(C)(C)C)cc1NS(C)(=O)=O. The van der Waals surface area contributed by atoms with E-state index in [1.54, 1.807) is 40.2 Å². The van der Waals surface area contributed by atoms with Crippen molar-refractivity contribution < 1.29 is 22.7 Å². The molecule has 0 aliphatic carbocycles. The van der Waals surface area contributed by atoms with E-state index in [2.05, 4.69) is 26.1 Å². The molecule has 47 heavy (non-hydrogen) atoms. The summed E-state index contributed by atoms with van der Waals surface area (Å²) in [4.78, 5) is 13.6. The van der Waals surface area contributed by atoms with Crippen LogP contribution >= 0.6 is 0 Å². The first-order valence-electron chi connectivity index (χ1n) is 15.0. The number of amides is 1. The Morgan fingerprint density at radius 2 is 1.74 bits per heavy atom. The Kier molecular flexibility index (Phi) is 9.61. The highest BCUT2D eigenvalue weighted by Gasteiger charge is 2.24. The van der Waals surface area contributed by atoms with Crippen LogP contribution in [0.2, 0.25) is 0 Å². The van der Waals surface area contributed by atoms with Crippen molar-refractivity contribution in [2.75, 3.05) is 28.4 Å². The van der Waals surface area contributed by atoms with Crippen LogP contribution in [0.25, 0.3) is 5.70 Å². The molecule has 13 heteroatoms.